The Labute approximate surface area is 124 Å². The predicted molar refractivity (Wildman–Crippen MR) is 79.7 cm³/mol. The minimum atomic E-state index is -1.47. The molecule has 0 N–H and O–H groups in total. The number of hydrogen-bond donors (Lipinski definition) is 0. The largest absolute Gasteiger partial charge is 0.465 e. The third kappa shape index (κ3) is 2.06. The second kappa shape index (κ2) is 5.72. The summed E-state index contributed by atoms with van der Waals surface area (Å²) in [6, 6.07) is 7.41. The molecule has 0 aromatic heterocycles. The quantitative estimate of drug-likeness (QED) is 0.631. The van der Waals surface area contributed by atoms with Gasteiger partial charge in [-0.15, -0.1) is 0 Å². The summed E-state index contributed by atoms with van der Waals surface area (Å²) in [6.07, 6.45) is 0. The van der Waals surface area contributed by atoms with Crippen molar-refractivity contribution in [2.75, 3.05) is 13.2 Å². The van der Waals surface area contributed by atoms with Gasteiger partial charge in [-0.25, -0.2) is 0 Å². The van der Waals surface area contributed by atoms with E-state index < -0.39 is 17.4 Å². The number of rotatable bonds is 4. The van der Waals surface area contributed by atoms with Crippen LogP contribution in [0.4, 0.5) is 0 Å². The van der Waals surface area contributed by atoms with E-state index >= 15 is 0 Å². The summed E-state index contributed by atoms with van der Waals surface area (Å²) in [5, 5.41) is 0. The van der Waals surface area contributed by atoms with Gasteiger partial charge in [0.05, 0.1) is 13.2 Å². The maximum absolute atomic E-state index is 12.6. The molecule has 112 valence electrons. The van der Waals surface area contributed by atoms with Crippen molar-refractivity contribution in [1.82, 2.24) is 0 Å². The van der Waals surface area contributed by atoms with E-state index in [0.717, 1.165) is 11.1 Å². The second-order valence-corrected chi connectivity index (χ2v) is 4.99. The molecule has 1 aromatic carbocycles. The van der Waals surface area contributed by atoms with Crippen molar-refractivity contribution in [1.29, 1.82) is 0 Å². The fourth-order valence-corrected chi connectivity index (χ4v) is 2.91. The Balaban J connectivity index is 2.71. The summed E-state index contributed by atoms with van der Waals surface area (Å²) in [7, 11) is 0. The lowest BCUT2D eigenvalue weighted by atomic mass is 9.77. The van der Waals surface area contributed by atoms with Crippen LogP contribution in [0, 0.1) is 0 Å². The van der Waals surface area contributed by atoms with Crippen LogP contribution in [0.2, 0.25) is 0 Å². The molecule has 0 amide bonds. The molecule has 0 saturated carbocycles. The number of hydrogen-bond acceptors (Lipinski definition) is 4. The summed E-state index contributed by atoms with van der Waals surface area (Å²) < 4.78 is 10.4. The zero-order chi connectivity index (χ0) is 15.6. The summed E-state index contributed by atoms with van der Waals surface area (Å²) in [5.41, 5.74) is 1.69. The monoisotopic (exact) mass is 288 g/mol. The molecule has 1 aromatic rings. The lowest BCUT2D eigenvalue weighted by molar-refractivity contribution is -0.162. The molecule has 0 saturated heterocycles. The lowest BCUT2D eigenvalue weighted by Gasteiger charge is -2.27. The SMILES string of the molecule is CCOC(=O)C1(C(=O)OCC)C(C)=C(C)c2ccccc21. The molecule has 0 aliphatic heterocycles. The highest BCUT2D eigenvalue weighted by molar-refractivity contribution is 6.14. The van der Waals surface area contributed by atoms with E-state index in [1.54, 1.807) is 26.8 Å². The first-order valence-corrected chi connectivity index (χ1v) is 7.14. The number of allylic oxidation sites excluding steroid dienone is 1. The molecule has 0 heterocycles. The highest BCUT2D eigenvalue weighted by atomic mass is 16.6. The van der Waals surface area contributed by atoms with Gasteiger partial charge in [0.1, 0.15) is 0 Å². The van der Waals surface area contributed by atoms with E-state index in [1.807, 2.05) is 25.1 Å². The van der Waals surface area contributed by atoms with Gasteiger partial charge in [0.15, 0.2) is 0 Å². The van der Waals surface area contributed by atoms with Gasteiger partial charge in [0.25, 0.3) is 0 Å². The lowest BCUT2D eigenvalue weighted by Crippen LogP contribution is -2.46. The van der Waals surface area contributed by atoms with Gasteiger partial charge in [-0.3, -0.25) is 9.59 Å². The summed E-state index contributed by atoms with van der Waals surface area (Å²) in [5.74, 6) is -1.13. The van der Waals surface area contributed by atoms with E-state index in [2.05, 4.69) is 0 Å². The Kier molecular flexibility index (Phi) is 4.16. The average Bonchev–Trinajstić information content (AvgIpc) is 2.70. The molecular weight excluding hydrogens is 268 g/mol. The number of fused-ring (bicyclic) bond motifs is 1. The normalized spacial score (nSPS) is 15.6. The third-order valence-corrected chi connectivity index (χ3v) is 4.02. The van der Waals surface area contributed by atoms with Crippen molar-refractivity contribution in [3.8, 4) is 0 Å². The molecule has 2 rings (SSSR count). The van der Waals surface area contributed by atoms with Crippen molar-refractivity contribution in [2.45, 2.75) is 33.1 Å². The number of ether oxygens (including phenoxy) is 2. The van der Waals surface area contributed by atoms with Gasteiger partial charge >= 0.3 is 11.9 Å². The van der Waals surface area contributed by atoms with Crippen LogP contribution in [0.15, 0.2) is 29.8 Å². The van der Waals surface area contributed by atoms with Crippen LogP contribution >= 0.6 is 0 Å². The zero-order valence-corrected chi connectivity index (χ0v) is 12.9. The first-order valence-electron chi connectivity index (χ1n) is 7.14. The van der Waals surface area contributed by atoms with Gasteiger partial charge in [-0.2, -0.15) is 0 Å². The van der Waals surface area contributed by atoms with Crippen LogP contribution in [-0.4, -0.2) is 25.2 Å². The van der Waals surface area contributed by atoms with E-state index in [-0.39, 0.29) is 13.2 Å². The smallest absolute Gasteiger partial charge is 0.332 e. The van der Waals surface area contributed by atoms with E-state index in [1.165, 1.54) is 0 Å². The maximum atomic E-state index is 12.6. The molecule has 0 fully saturated rings. The van der Waals surface area contributed by atoms with Crippen molar-refractivity contribution >= 4 is 17.5 Å². The predicted octanol–water partition coefficient (Wildman–Crippen LogP) is 2.86. The molecule has 4 heteroatoms. The fraction of sp³-hybridized carbons (Fsp3) is 0.412. The zero-order valence-electron chi connectivity index (χ0n) is 12.9. The number of carbonyl (C=O) groups excluding carboxylic acids is 2. The van der Waals surface area contributed by atoms with Gasteiger partial charge in [-0.1, -0.05) is 24.3 Å². The summed E-state index contributed by atoms with van der Waals surface area (Å²) in [6.45, 7) is 7.59. The molecular formula is C17H20O4. The molecule has 0 atom stereocenters. The molecule has 21 heavy (non-hydrogen) atoms. The highest BCUT2D eigenvalue weighted by Crippen LogP contribution is 2.47. The van der Waals surface area contributed by atoms with E-state index in [9.17, 15) is 9.59 Å². The molecule has 1 aliphatic rings. The Morgan fingerprint density at radius 2 is 1.52 bits per heavy atom. The van der Waals surface area contributed by atoms with Gasteiger partial charge in [0, 0.05) is 0 Å². The Morgan fingerprint density at radius 1 is 1.00 bits per heavy atom. The maximum Gasteiger partial charge on any atom is 0.332 e. The standard InChI is InChI=1S/C17H20O4/c1-5-20-15(18)17(16(19)21-6-2)12(4)11(3)13-9-7-8-10-14(13)17/h7-10H,5-6H2,1-4H3. The van der Waals surface area contributed by atoms with Crippen LogP contribution in [0.3, 0.4) is 0 Å². The molecule has 4 nitrogen and oxygen atoms in total. The Bertz CT molecular complexity index is 595. The van der Waals surface area contributed by atoms with Gasteiger partial charge < -0.3 is 9.47 Å². The minimum Gasteiger partial charge on any atom is -0.465 e. The van der Waals surface area contributed by atoms with Crippen LogP contribution in [0.5, 0.6) is 0 Å². The highest BCUT2D eigenvalue weighted by Gasteiger charge is 2.56. The van der Waals surface area contributed by atoms with Crippen LogP contribution in [0.1, 0.15) is 38.8 Å². The van der Waals surface area contributed by atoms with Crippen molar-refractivity contribution in [3.05, 3.63) is 41.0 Å². The number of benzene rings is 1. The first kappa shape index (κ1) is 15.3. The van der Waals surface area contributed by atoms with Crippen LogP contribution in [-0.2, 0) is 24.5 Å². The van der Waals surface area contributed by atoms with Crippen molar-refractivity contribution in [3.63, 3.8) is 0 Å². The van der Waals surface area contributed by atoms with Crippen molar-refractivity contribution < 1.29 is 19.1 Å². The topological polar surface area (TPSA) is 52.6 Å². The first-order chi connectivity index (χ1) is 10.0. The van der Waals surface area contributed by atoms with Crippen LogP contribution < -0.4 is 0 Å². The van der Waals surface area contributed by atoms with Gasteiger partial charge in [0.2, 0.25) is 5.41 Å². The van der Waals surface area contributed by atoms with Gasteiger partial charge in [-0.05, 0) is 50.0 Å². The third-order valence-electron chi connectivity index (χ3n) is 4.02. The molecule has 0 spiro atoms. The Morgan fingerprint density at radius 3 is 2.05 bits per heavy atom. The molecule has 1 aliphatic carbocycles. The molecule has 0 bridgehead atoms. The number of carbonyl (C=O) groups is 2. The number of esters is 2. The molecule has 0 unspecified atom stereocenters. The summed E-state index contributed by atoms with van der Waals surface area (Å²) >= 11 is 0. The van der Waals surface area contributed by atoms with Crippen molar-refractivity contribution in [2.24, 2.45) is 0 Å². The van der Waals surface area contributed by atoms with E-state index in [4.69, 9.17) is 9.47 Å². The fourth-order valence-electron chi connectivity index (χ4n) is 2.91. The molecule has 0 radical (unpaired) electrons. The second-order valence-electron chi connectivity index (χ2n) is 4.99. The van der Waals surface area contributed by atoms with Crippen LogP contribution in [0.25, 0.3) is 5.57 Å². The van der Waals surface area contributed by atoms with E-state index in [0.29, 0.717) is 11.1 Å². The average molecular weight is 288 g/mol. The minimum absolute atomic E-state index is 0.217. The summed E-state index contributed by atoms with van der Waals surface area (Å²) in [4.78, 5) is 25.3. The Hall–Kier alpha value is -2.10.